The molecule has 0 atom stereocenters. The van der Waals surface area contributed by atoms with Crippen LogP contribution in [0.2, 0.25) is 0 Å². The zero-order valence-electron chi connectivity index (χ0n) is 17.2. The molecule has 0 radical (unpaired) electrons. The van der Waals surface area contributed by atoms with Crippen LogP contribution < -0.4 is 15.5 Å². The standard InChI is InChI=1S/C22H29N5O3/c28-21(22(6-12-29-13-7-22)18-4-2-1-3-5-18)24-9-8-23-20-16-19(17-25-26-20)27-10-14-30-15-11-27/h1-5,16-17H,6-15H2,(H,23,26)(H,24,28). The quantitative estimate of drug-likeness (QED) is 0.669. The number of carbonyl (C=O) groups is 1. The molecule has 3 heterocycles. The molecule has 2 saturated heterocycles. The van der Waals surface area contributed by atoms with Gasteiger partial charge >= 0.3 is 0 Å². The molecule has 1 aromatic heterocycles. The first kappa shape index (κ1) is 20.6. The highest BCUT2D eigenvalue weighted by Gasteiger charge is 2.41. The first-order valence-corrected chi connectivity index (χ1v) is 10.6. The van der Waals surface area contributed by atoms with Gasteiger partial charge in [-0.05, 0) is 18.4 Å². The van der Waals surface area contributed by atoms with Gasteiger partial charge in [0, 0.05) is 45.5 Å². The van der Waals surface area contributed by atoms with Crippen molar-refractivity contribution < 1.29 is 14.3 Å². The number of anilines is 2. The van der Waals surface area contributed by atoms with Gasteiger partial charge in [-0.3, -0.25) is 4.79 Å². The number of rotatable bonds is 7. The number of benzene rings is 1. The van der Waals surface area contributed by atoms with Crippen molar-refractivity contribution >= 4 is 17.4 Å². The number of hydrogen-bond donors (Lipinski definition) is 2. The first-order chi connectivity index (χ1) is 14.8. The van der Waals surface area contributed by atoms with Crippen molar-refractivity contribution in [3.8, 4) is 0 Å². The lowest BCUT2D eigenvalue weighted by Gasteiger charge is -2.36. The Kier molecular flexibility index (Phi) is 6.76. The number of nitrogens with zero attached hydrogens (tertiary/aromatic N) is 3. The van der Waals surface area contributed by atoms with E-state index in [0.717, 1.165) is 37.6 Å². The summed E-state index contributed by atoms with van der Waals surface area (Å²) in [6.45, 7) is 5.46. The van der Waals surface area contributed by atoms with E-state index in [2.05, 4.69) is 25.7 Å². The average molecular weight is 412 g/mol. The van der Waals surface area contributed by atoms with E-state index < -0.39 is 5.41 Å². The number of ether oxygens (including phenoxy) is 2. The lowest BCUT2D eigenvalue weighted by atomic mass is 9.73. The number of aromatic nitrogens is 2. The van der Waals surface area contributed by atoms with E-state index in [1.54, 1.807) is 6.20 Å². The minimum Gasteiger partial charge on any atom is -0.381 e. The second kappa shape index (κ2) is 9.86. The molecule has 160 valence electrons. The van der Waals surface area contributed by atoms with Crippen molar-refractivity contribution in [3.05, 3.63) is 48.2 Å². The third-order valence-electron chi connectivity index (χ3n) is 5.84. The lowest BCUT2D eigenvalue weighted by Crippen LogP contribution is -2.49. The van der Waals surface area contributed by atoms with Gasteiger partial charge in [0.15, 0.2) is 5.82 Å². The van der Waals surface area contributed by atoms with Gasteiger partial charge in [0.25, 0.3) is 0 Å². The second-order valence-corrected chi connectivity index (χ2v) is 7.64. The van der Waals surface area contributed by atoms with Crippen molar-refractivity contribution in [1.82, 2.24) is 15.5 Å². The normalized spacial score (nSPS) is 18.6. The molecule has 2 aliphatic rings. The van der Waals surface area contributed by atoms with E-state index in [1.165, 1.54) is 0 Å². The van der Waals surface area contributed by atoms with Crippen LogP contribution in [-0.2, 0) is 19.7 Å². The van der Waals surface area contributed by atoms with E-state index >= 15 is 0 Å². The summed E-state index contributed by atoms with van der Waals surface area (Å²) in [5.74, 6) is 0.768. The third kappa shape index (κ3) is 4.71. The first-order valence-electron chi connectivity index (χ1n) is 10.6. The van der Waals surface area contributed by atoms with E-state index in [-0.39, 0.29) is 5.91 Å². The smallest absolute Gasteiger partial charge is 0.230 e. The van der Waals surface area contributed by atoms with Crippen LogP contribution in [-0.4, -0.2) is 68.7 Å². The Morgan fingerprint density at radius 3 is 2.53 bits per heavy atom. The van der Waals surface area contributed by atoms with Crippen molar-refractivity contribution in [3.63, 3.8) is 0 Å². The number of hydrogen-bond acceptors (Lipinski definition) is 7. The van der Waals surface area contributed by atoms with Gasteiger partial charge in [0.1, 0.15) is 0 Å². The third-order valence-corrected chi connectivity index (χ3v) is 5.84. The number of nitrogens with one attached hydrogen (secondary N) is 2. The molecule has 0 unspecified atom stereocenters. The van der Waals surface area contributed by atoms with Crippen LogP contribution >= 0.6 is 0 Å². The average Bonchev–Trinajstić information content (AvgIpc) is 2.83. The minimum absolute atomic E-state index is 0.0620. The molecule has 8 nitrogen and oxygen atoms in total. The van der Waals surface area contributed by atoms with E-state index in [0.29, 0.717) is 45.0 Å². The van der Waals surface area contributed by atoms with Crippen LogP contribution in [0.4, 0.5) is 11.5 Å². The van der Waals surface area contributed by atoms with Gasteiger partial charge in [-0.1, -0.05) is 30.3 Å². The molecule has 0 bridgehead atoms. The van der Waals surface area contributed by atoms with Crippen LogP contribution in [0.15, 0.2) is 42.6 Å². The summed E-state index contributed by atoms with van der Waals surface area (Å²) < 4.78 is 10.9. The summed E-state index contributed by atoms with van der Waals surface area (Å²) >= 11 is 0. The topological polar surface area (TPSA) is 88.6 Å². The molecule has 30 heavy (non-hydrogen) atoms. The van der Waals surface area contributed by atoms with E-state index in [4.69, 9.17) is 9.47 Å². The Hall–Kier alpha value is -2.71. The summed E-state index contributed by atoms with van der Waals surface area (Å²) in [5, 5.41) is 14.6. The fraction of sp³-hybridized carbons (Fsp3) is 0.500. The fourth-order valence-electron chi connectivity index (χ4n) is 4.10. The zero-order valence-corrected chi connectivity index (χ0v) is 17.2. The minimum atomic E-state index is -0.518. The summed E-state index contributed by atoms with van der Waals surface area (Å²) in [5.41, 5.74) is 1.57. The molecule has 1 aromatic carbocycles. The van der Waals surface area contributed by atoms with Crippen LogP contribution in [0.1, 0.15) is 18.4 Å². The number of amides is 1. The molecule has 0 aliphatic carbocycles. The van der Waals surface area contributed by atoms with Gasteiger partial charge < -0.3 is 25.0 Å². The highest BCUT2D eigenvalue weighted by Crippen LogP contribution is 2.35. The molecule has 2 N–H and O–H groups in total. The summed E-state index contributed by atoms with van der Waals surface area (Å²) in [6, 6.07) is 12.0. The fourth-order valence-corrected chi connectivity index (χ4v) is 4.10. The Morgan fingerprint density at radius 2 is 1.77 bits per heavy atom. The van der Waals surface area contributed by atoms with Gasteiger partial charge in [-0.2, -0.15) is 5.10 Å². The van der Waals surface area contributed by atoms with Crippen LogP contribution in [0.3, 0.4) is 0 Å². The summed E-state index contributed by atoms with van der Waals surface area (Å²) in [7, 11) is 0. The summed E-state index contributed by atoms with van der Waals surface area (Å²) in [6.07, 6.45) is 3.17. The van der Waals surface area contributed by atoms with Crippen molar-refractivity contribution in [2.24, 2.45) is 0 Å². The lowest BCUT2D eigenvalue weighted by molar-refractivity contribution is -0.130. The zero-order chi connectivity index (χ0) is 20.7. The molecular weight excluding hydrogens is 382 g/mol. The molecule has 1 amide bonds. The predicted molar refractivity (Wildman–Crippen MR) is 115 cm³/mol. The van der Waals surface area contributed by atoms with E-state index in [1.807, 2.05) is 36.4 Å². The maximum atomic E-state index is 13.2. The number of morpholine rings is 1. The van der Waals surface area contributed by atoms with Gasteiger partial charge in [0.2, 0.25) is 5.91 Å². The Bertz CT molecular complexity index is 821. The molecule has 4 rings (SSSR count). The van der Waals surface area contributed by atoms with Gasteiger partial charge in [0.05, 0.1) is 30.5 Å². The van der Waals surface area contributed by atoms with Crippen molar-refractivity contribution in [2.75, 3.05) is 62.8 Å². The highest BCUT2D eigenvalue weighted by atomic mass is 16.5. The molecule has 2 aromatic rings. The second-order valence-electron chi connectivity index (χ2n) is 7.64. The van der Waals surface area contributed by atoms with Crippen LogP contribution in [0.5, 0.6) is 0 Å². The Morgan fingerprint density at radius 1 is 1.03 bits per heavy atom. The van der Waals surface area contributed by atoms with Gasteiger partial charge in [-0.15, -0.1) is 5.10 Å². The Labute approximate surface area is 177 Å². The molecular formula is C22H29N5O3. The molecule has 0 spiro atoms. The molecule has 2 fully saturated rings. The van der Waals surface area contributed by atoms with Crippen molar-refractivity contribution in [1.29, 1.82) is 0 Å². The Balaban J connectivity index is 1.32. The maximum absolute atomic E-state index is 13.2. The van der Waals surface area contributed by atoms with Crippen LogP contribution in [0.25, 0.3) is 0 Å². The number of carbonyl (C=O) groups excluding carboxylic acids is 1. The monoisotopic (exact) mass is 411 g/mol. The molecule has 8 heteroatoms. The van der Waals surface area contributed by atoms with Gasteiger partial charge in [-0.25, -0.2) is 0 Å². The van der Waals surface area contributed by atoms with E-state index in [9.17, 15) is 4.79 Å². The predicted octanol–water partition coefficient (Wildman–Crippen LogP) is 1.59. The van der Waals surface area contributed by atoms with Crippen molar-refractivity contribution in [2.45, 2.75) is 18.3 Å². The van der Waals surface area contributed by atoms with Crippen LogP contribution in [0, 0.1) is 0 Å². The largest absolute Gasteiger partial charge is 0.381 e. The highest BCUT2D eigenvalue weighted by molar-refractivity contribution is 5.88. The summed E-state index contributed by atoms with van der Waals surface area (Å²) in [4.78, 5) is 15.4. The SMILES string of the molecule is O=C(NCCNc1cc(N2CCOCC2)cnn1)C1(c2ccccc2)CCOCC1. The maximum Gasteiger partial charge on any atom is 0.230 e. The molecule has 2 aliphatic heterocycles. The molecule has 0 saturated carbocycles.